The van der Waals surface area contributed by atoms with Crippen LogP contribution in [0.5, 0.6) is 0 Å². The minimum atomic E-state index is -0.144. The second-order valence-corrected chi connectivity index (χ2v) is 8.02. The van der Waals surface area contributed by atoms with Crippen molar-refractivity contribution in [3.05, 3.63) is 0 Å². The summed E-state index contributed by atoms with van der Waals surface area (Å²) in [5.74, 6) is 0.184. The average molecular weight is 337 g/mol. The van der Waals surface area contributed by atoms with E-state index in [1.165, 1.54) is 6.42 Å². The summed E-state index contributed by atoms with van der Waals surface area (Å²) in [6.07, 6.45) is 4.80. The first-order valence-electron chi connectivity index (χ1n) is 9.28. The summed E-state index contributed by atoms with van der Waals surface area (Å²) in [6, 6.07) is 0. The number of ether oxygens (including phenoxy) is 1. The van der Waals surface area contributed by atoms with Crippen molar-refractivity contribution in [1.29, 1.82) is 0 Å². The highest BCUT2D eigenvalue weighted by Gasteiger charge is 2.42. The second kappa shape index (κ2) is 7.40. The van der Waals surface area contributed by atoms with Gasteiger partial charge < -0.3 is 19.4 Å². The van der Waals surface area contributed by atoms with E-state index >= 15 is 0 Å². The van der Waals surface area contributed by atoms with E-state index in [1.54, 1.807) is 0 Å². The van der Waals surface area contributed by atoms with Crippen molar-refractivity contribution in [3.8, 4) is 0 Å². The lowest BCUT2D eigenvalue weighted by molar-refractivity contribution is -0.141. The van der Waals surface area contributed by atoms with Gasteiger partial charge in [0.2, 0.25) is 11.8 Å². The Morgan fingerprint density at radius 2 is 2.04 bits per heavy atom. The number of nitrogens with zero attached hydrogens (tertiary/aromatic N) is 3. The molecule has 0 aromatic heterocycles. The van der Waals surface area contributed by atoms with Gasteiger partial charge in [-0.1, -0.05) is 0 Å². The van der Waals surface area contributed by atoms with Gasteiger partial charge in [0, 0.05) is 52.4 Å². The maximum Gasteiger partial charge on any atom is 0.228 e. The fourth-order valence-electron chi connectivity index (χ4n) is 4.34. The molecule has 0 bridgehead atoms. The zero-order valence-electron chi connectivity index (χ0n) is 15.1. The molecule has 24 heavy (non-hydrogen) atoms. The molecule has 6 nitrogen and oxygen atoms in total. The molecule has 0 aliphatic carbocycles. The first-order valence-corrected chi connectivity index (χ1v) is 9.28. The number of carbonyl (C=O) groups excluding carboxylic acids is 2. The van der Waals surface area contributed by atoms with Crippen LogP contribution in [-0.2, 0) is 14.3 Å². The Morgan fingerprint density at radius 3 is 2.75 bits per heavy atom. The summed E-state index contributed by atoms with van der Waals surface area (Å²) in [6.45, 7) is 5.51. The molecule has 0 saturated carbocycles. The minimum Gasteiger partial charge on any atom is -0.381 e. The topological polar surface area (TPSA) is 53.1 Å². The van der Waals surface area contributed by atoms with Crippen LogP contribution in [-0.4, -0.2) is 86.5 Å². The van der Waals surface area contributed by atoms with Crippen molar-refractivity contribution in [2.75, 3.05) is 60.0 Å². The summed E-state index contributed by atoms with van der Waals surface area (Å²) in [4.78, 5) is 31.1. The Hall–Kier alpha value is -1.14. The van der Waals surface area contributed by atoms with Crippen LogP contribution in [0.15, 0.2) is 0 Å². The van der Waals surface area contributed by atoms with Crippen LogP contribution >= 0.6 is 0 Å². The predicted octanol–water partition coefficient (Wildman–Crippen LogP) is 0.816. The zero-order chi connectivity index (χ0) is 17.2. The summed E-state index contributed by atoms with van der Waals surface area (Å²) in [5, 5.41) is 0. The van der Waals surface area contributed by atoms with Crippen LogP contribution < -0.4 is 0 Å². The molecule has 3 fully saturated rings. The molecule has 3 heterocycles. The van der Waals surface area contributed by atoms with E-state index in [1.807, 2.05) is 23.9 Å². The average Bonchev–Trinajstić information content (AvgIpc) is 2.94. The van der Waals surface area contributed by atoms with E-state index in [0.717, 1.165) is 58.7 Å². The van der Waals surface area contributed by atoms with Gasteiger partial charge in [0.05, 0.1) is 5.92 Å². The summed E-state index contributed by atoms with van der Waals surface area (Å²) >= 11 is 0. The second-order valence-electron chi connectivity index (χ2n) is 8.02. The smallest absolute Gasteiger partial charge is 0.228 e. The van der Waals surface area contributed by atoms with E-state index in [2.05, 4.69) is 4.90 Å². The van der Waals surface area contributed by atoms with Crippen LogP contribution in [0, 0.1) is 11.3 Å². The molecule has 0 N–H and O–H groups in total. The van der Waals surface area contributed by atoms with Crippen molar-refractivity contribution in [3.63, 3.8) is 0 Å². The molecule has 0 unspecified atom stereocenters. The molecular formula is C18H31N3O3. The molecule has 1 atom stereocenters. The predicted molar refractivity (Wildman–Crippen MR) is 91.5 cm³/mol. The summed E-state index contributed by atoms with van der Waals surface area (Å²) < 4.78 is 5.51. The number of piperidine rings is 1. The van der Waals surface area contributed by atoms with Gasteiger partial charge in [-0.3, -0.25) is 9.59 Å². The molecule has 136 valence electrons. The molecule has 3 rings (SSSR count). The number of rotatable bonds is 4. The molecule has 2 amide bonds. The Kier molecular flexibility index (Phi) is 5.45. The van der Waals surface area contributed by atoms with Crippen molar-refractivity contribution in [1.82, 2.24) is 14.7 Å². The Morgan fingerprint density at radius 1 is 1.29 bits per heavy atom. The van der Waals surface area contributed by atoms with Gasteiger partial charge in [-0.2, -0.15) is 0 Å². The van der Waals surface area contributed by atoms with E-state index in [4.69, 9.17) is 4.74 Å². The third-order valence-electron chi connectivity index (χ3n) is 5.91. The monoisotopic (exact) mass is 337 g/mol. The molecule has 3 saturated heterocycles. The number of hydrogen-bond donors (Lipinski definition) is 0. The molecular weight excluding hydrogens is 306 g/mol. The molecule has 0 aromatic carbocycles. The van der Waals surface area contributed by atoms with Gasteiger partial charge in [0.1, 0.15) is 0 Å². The van der Waals surface area contributed by atoms with Gasteiger partial charge in [-0.15, -0.1) is 0 Å². The molecule has 1 spiro atoms. The quantitative estimate of drug-likeness (QED) is 0.762. The van der Waals surface area contributed by atoms with Gasteiger partial charge in [-0.25, -0.2) is 0 Å². The normalized spacial score (nSPS) is 27.3. The Balaban J connectivity index is 1.57. The standard InChI is InChI=1S/C18H31N3O3/c1-19(2)8-9-20-13-15(12-16(20)22)17(23)21-7-3-4-18(14-21)5-10-24-11-6-18/h15H,3-14H2,1-2H3/t15-/m1/s1. The Labute approximate surface area is 145 Å². The lowest BCUT2D eigenvalue weighted by Gasteiger charge is -2.45. The van der Waals surface area contributed by atoms with Crippen molar-refractivity contribution in [2.45, 2.75) is 32.1 Å². The molecule has 0 radical (unpaired) electrons. The largest absolute Gasteiger partial charge is 0.381 e. The highest BCUT2D eigenvalue weighted by molar-refractivity contribution is 5.89. The van der Waals surface area contributed by atoms with E-state index in [9.17, 15) is 9.59 Å². The van der Waals surface area contributed by atoms with Crippen molar-refractivity contribution < 1.29 is 14.3 Å². The van der Waals surface area contributed by atoms with E-state index in [0.29, 0.717) is 13.0 Å². The fourth-order valence-corrected chi connectivity index (χ4v) is 4.34. The highest BCUT2D eigenvalue weighted by atomic mass is 16.5. The fraction of sp³-hybridized carbons (Fsp3) is 0.889. The maximum absolute atomic E-state index is 13.0. The number of amides is 2. The molecule has 0 aromatic rings. The van der Waals surface area contributed by atoms with Gasteiger partial charge in [0.15, 0.2) is 0 Å². The summed E-state index contributed by atoms with van der Waals surface area (Å²) in [5.41, 5.74) is 0.263. The number of likely N-dealkylation sites (tertiary alicyclic amines) is 2. The maximum atomic E-state index is 13.0. The highest BCUT2D eigenvalue weighted by Crippen LogP contribution is 2.39. The zero-order valence-corrected chi connectivity index (χ0v) is 15.1. The number of hydrogen-bond acceptors (Lipinski definition) is 4. The number of likely N-dealkylation sites (N-methyl/N-ethyl adjacent to an activating group) is 1. The van der Waals surface area contributed by atoms with Crippen molar-refractivity contribution in [2.24, 2.45) is 11.3 Å². The SMILES string of the molecule is CN(C)CCN1C[C@H](C(=O)N2CCCC3(CCOCC3)C2)CC1=O. The number of carbonyl (C=O) groups is 2. The molecule has 6 heteroatoms. The lowest BCUT2D eigenvalue weighted by Crippen LogP contribution is -2.50. The van der Waals surface area contributed by atoms with E-state index < -0.39 is 0 Å². The van der Waals surface area contributed by atoms with Gasteiger partial charge in [-0.05, 0) is 45.2 Å². The van der Waals surface area contributed by atoms with Crippen LogP contribution in [0.3, 0.4) is 0 Å². The third-order valence-corrected chi connectivity index (χ3v) is 5.91. The van der Waals surface area contributed by atoms with Crippen LogP contribution in [0.25, 0.3) is 0 Å². The van der Waals surface area contributed by atoms with Crippen LogP contribution in [0.1, 0.15) is 32.1 Å². The van der Waals surface area contributed by atoms with Crippen molar-refractivity contribution >= 4 is 11.8 Å². The lowest BCUT2D eigenvalue weighted by atomic mass is 9.73. The van der Waals surface area contributed by atoms with Crippen LogP contribution in [0.2, 0.25) is 0 Å². The third kappa shape index (κ3) is 3.91. The summed E-state index contributed by atoms with van der Waals surface area (Å²) in [7, 11) is 4.01. The molecule has 3 aliphatic rings. The van der Waals surface area contributed by atoms with E-state index in [-0.39, 0.29) is 23.1 Å². The first kappa shape index (κ1) is 17.7. The van der Waals surface area contributed by atoms with Crippen LogP contribution in [0.4, 0.5) is 0 Å². The van der Waals surface area contributed by atoms with Gasteiger partial charge >= 0.3 is 0 Å². The first-order chi connectivity index (χ1) is 11.5. The molecule has 3 aliphatic heterocycles. The Bertz CT molecular complexity index is 469. The van der Waals surface area contributed by atoms with Gasteiger partial charge in [0.25, 0.3) is 0 Å². The minimum absolute atomic E-state index is 0.132.